The first-order valence-electron chi connectivity index (χ1n) is 9.98. The van der Waals surface area contributed by atoms with E-state index in [1.807, 2.05) is 0 Å². The topological polar surface area (TPSA) is 144 Å². The molecule has 1 fully saturated rings. The summed E-state index contributed by atoms with van der Waals surface area (Å²) in [7, 11) is -2.25. The number of nitrogens with zero attached hydrogens (tertiary/aromatic N) is 3. The van der Waals surface area contributed by atoms with E-state index in [1.54, 1.807) is 6.07 Å². The molecule has 2 aromatic heterocycles. The molecule has 0 atom stereocenters. The quantitative estimate of drug-likeness (QED) is 0.555. The van der Waals surface area contributed by atoms with Crippen LogP contribution < -0.4 is 20.0 Å². The fraction of sp³-hybridized carbons (Fsp3) is 0.238. The minimum atomic E-state index is -3.63. The smallest absolute Gasteiger partial charge is 0.269 e. The number of hydrogen-bond donors (Lipinski definition) is 2. The number of hydrogen-bond acceptors (Lipinski definition) is 7. The summed E-state index contributed by atoms with van der Waals surface area (Å²) >= 11 is 0. The maximum atomic E-state index is 13.6. The van der Waals surface area contributed by atoms with Gasteiger partial charge < -0.3 is 15.7 Å². The first-order valence-corrected chi connectivity index (χ1v) is 11.6. The number of halogens is 1. The van der Waals surface area contributed by atoms with Crippen LogP contribution in [0.1, 0.15) is 32.8 Å². The highest BCUT2D eigenvalue weighted by molar-refractivity contribution is 7.93. The molecule has 0 saturated carbocycles. The van der Waals surface area contributed by atoms with Gasteiger partial charge in [-0.2, -0.15) is 0 Å². The molecule has 1 aliphatic rings. The Morgan fingerprint density at radius 3 is 2.73 bits per heavy atom. The van der Waals surface area contributed by atoms with Crippen LogP contribution in [0.2, 0.25) is 0 Å². The molecule has 0 spiro atoms. The highest BCUT2D eigenvalue weighted by Crippen LogP contribution is 2.34. The number of benzene rings is 1. The van der Waals surface area contributed by atoms with Gasteiger partial charge in [-0.15, -0.1) is 0 Å². The van der Waals surface area contributed by atoms with Gasteiger partial charge >= 0.3 is 0 Å². The number of nitrogens with one attached hydrogen (secondary N) is 2. The molecular weight excluding hydrogens is 453 g/mol. The molecule has 10 nitrogen and oxygen atoms in total. The summed E-state index contributed by atoms with van der Waals surface area (Å²) < 4.78 is 39.6. The Labute approximate surface area is 188 Å². The summed E-state index contributed by atoms with van der Waals surface area (Å²) in [5, 5.41) is 18.0. The monoisotopic (exact) mass is 472 g/mol. The number of amides is 2. The van der Waals surface area contributed by atoms with Crippen LogP contribution in [-0.4, -0.2) is 49.5 Å². The van der Waals surface area contributed by atoms with Crippen molar-refractivity contribution in [2.75, 3.05) is 23.7 Å². The van der Waals surface area contributed by atoms with E-state index in [0.717, 1.165) is 16.4 Å². The van der Waals surface area contributed by atoms with Crippen molar-refractivity contribution in [1.82, 2.24) is 20.6 Å². The zero-order chi connectivity index (χ0) is 23.8. The van der Waals surface area contributed by atoms with E-state index in [4.69, 9.17) is 0 Å². The van der Waals surface area contributed by atoms with Crippen LogP contribution in [0.15, 0.2) is 36.5 Å². The number of carbonyl (C=O) groups is 2. The van der Waals surface area contributed by atoms with E-state index in [0.29, 0.717) is 12.0 Å². The average molecular weight is 472 g/mol. The second-order valence-corrected chi connectivity index (χ2v) is 9.33. The van der Waals surface area contributed by atoms with Gasteiger partial charge in [-0.1, -0.05) is 6.07 Å². The van der Waals surface area contributed by atoms with Crippen LogP contribution in [0.3, 0.4) is 0 Å². The van der Waals surface area contributed by atoms with E-state index in [-0.39, 0.29) is 41.1 Å². The Balaban J connectivity index is 1.71. The number of rotatable bonds is 5. The minimum Gasteiger partial charge on any atom is -0.869 e. The molecule has 1 aromatic carbocycles. The Morgan fingerprint density at radius 1 is 1.24 bits per heavy atom. The van der Waals surface area contributed by atoms with Crippen molar-refractivity contribution in [1.29, 1.82) is 0 Å². The first-order chi connectivity index (χ1) is 15.7. The predicted molar refractivity (Wildman–Crippen MR) is 116 cm³/mol. The highest BCUT2D eigenvalue weighted by Gasteiger charge is 2.32. The van der Waals surface area contributed by atoms with Crippen LogP contribution in [-0.2, 0) is 16.6 Å². The number of carbonyl (C=O) groups excluding carboxylic acids is 2. The summed E-state index contributed by atoms with van der Waals surface area (Å²) in [6.45, 7) is -0.0236. The van der Waals surface area contributed by atoms with Crippen LogP contribution in [0.5, 0.6) is 5.75 Å². The van der Waals surface area contributed by atoms with Crippen molar-refractivity contribution in [3.63, 3.8) is 0 Å². The molecule has 1 aliphatic heterocycles. The third kappa shape index (κ3) is 4.16. The molecule has 12 heteroatoms. The summed E-state index contributed by atoms with van der Waals surface area (Å²) in [5.74, 6) is -2.90. The summed E-state index contributed by atoms with van der Waals surface area (Å²) in [6.07, 6.45) is 1.75. The molecule has 1 saturated heterocycles. The Morgan fingerprint density at radius 2 is 2.03 bits per heavy atom. The fourth-order valence-corrected chi connectivity index (χ4v) is 5.15. The molecule has 0 radical (unpaired) electrons. The van der Waals surface area contributed by atoms with Gasteiger partial charge in [0.1, 0.15) is 11.5 Å². The van der Waals surface area contributed by atoms with Crippen LogP contribution >= 0.6 is 0 Å². The van der Waals surface area contributed by atoms with Gasteiger partial charge in [0.15, 0.2) is 5.82 Å². The minimum absolute atomic E-state index is 0.0251. The summed E-state index contributed by atoms with van der Waals surface area (Å²) in [6, 6.07) is 6.59. The summed E-state index contributed by atoms with van der Waals surface area (Å²) in [5.41, 5.74) is -0.264. The molecule has 33 heavy (non-hydrogen) atoms. The van der Waals surface area contributed by atoms with E-state index in [1.165, 1.54) is 25.4 Å². The summed E-state index contributed by atoms with van der Waals surface area (Å²) in [4.78, 5) is 33.1. The molecule has 0 bridgehead atoms. The second kappa shape index (κ2) is 8.62. The molecule has 4 rings (SSSR count). The van der Waals surface area contributed by atoms with Crippen LogP contribution in [0, 0.1) is 5.82 Å². The molecule has 2 amide bonds. The molecule has 172 valence electrons. The molecular formula is C21H19FN5O5S-. The van der Waals surface area contributed by atoms with E-state index in [9.17, 15) is 27.5 Å². The van der Waals surface area contributed by atoms with Crippen molar-refractivity contribution < 1.29 is 27.5 Å². The number of anilines is 1. The maximum Gasteiger partial charge on any atom is 0.269 e. The van der Waals surface area contributed by atoms with Crippen molar-refractivity contribution >= 4 is 38.6 Å². The molecule has 3 heterocycles. The third-order valence-electron chi connectivity index (χ3n) is 5.23. The lowest BCUT2D eigenvalue weighted by Crippen LogP contribution is -2.30. The van der Waals surface area contributed by atoms with Gasteiger partial charge in [0.05, 0.1) is 11.3 Å². The lowest BCUT2D eigenvalue weighted by molar-refractivity contribution is -0.266. The van der Waals surface area contributed by atoms with E-state index >= 15 is 0 Å². The zero-order valence-electron chi connectivity index (χ0n) is 17.5. The van der Waals surface area contributed by atoms with Crippen LogP contribution in [0.25, 0.3) is 10.9 Å². The third-order valence-corrected chi connectivity index (χ3v) is 7.06. The zero-order valence-corrected chi connectivity index (χ0v) is 18.3. The fourth-order valence-electron chi connectivity index (χ4n) is 3.63. The Kier molecular flexibility index (Phi) is 5.85. The van der Waals surface area contributed by atoms with Gasteiger partial charge in [-0.3, -0.25) is 18.9 Å². The second-order valence-electron chi connectivity index (χ2n) is 7.32. The first kappa shape index (κ1) is 22.4. The molecule has 2 N–H and O–H groups in total. The predicted octanol–water partition coefficient (Wildman–Crippen LogP) is 0.672. The number of sulfonamides is 1. The van der Waals surface area contributed by atoms with E-state index < -0.39 is 39.1 Å². The Hall–Kier alpha value is -3.80. The lowest BCUT2D eigenvalue weighted by atomic mass is 10.1. The van der Waals surface area contributed by atoms with Crippen LogP contribution in [0.4, 0.5) is 10.2 Å². The van der Waals surface area contributed by atoms with Crippen molar-refractivity contribution in [2.24, 2.45) is 0 Å². The van der Waals surface area contributed by atoms with Gasteiger partial charge in [0.2, 0.25) is 10.0 Å². The van der Waals surface area contributed by atoms with Crippen molar-refractivity contribution in [2.45, 2.75) is 13.0 Å². The lowest BCUT2D eigenvalue weighted by Gasteiger charge is -2.22. The van der Waals surface area contributed by atoms with Crippen molar-refractivity contribution in [3.8, 4) is 5.75 Å². The Bertz CT molecular complexity index is 1380. The van der Waals surface area contributed by atoms with Gasteiger partial charge in [0, 0.05) is 37.3 Å². The SMILES string of the molecule is CNC(=O)c1cc(F)ccc1CNC(=O)c1nc(N2CCCS2(=O)=O)c2cccnc2c1[O-]. The number of aromatic nitrogens is 2. The van der Waals surface area contributed by atoms with Crippen molar-refractivity contribution in [3.05, 3.63) is 59.2 Å². The maximum absolute atomic E-state index is 13.6. The normalized spacial score (nSPS) is 14.9. The largest absolute Gasteiger partial charge is 0.869 e. The van der Waals surface area contributed by atoms with Gasteiger partial charge in [-0.05, 0) is 42.0 Å². The molecule has 0 aliphatic carbocycles. The number of fused-ring (bicyclic) bond motifs is 1. The average Bonchev–Trinajstić information content (AvgIpc) is 3.16. The molecule has 0 unspecified atom stereocenters. The van der Waals surface area contributed by atoms with Gasteiger partial charge in [0.25, 0.3) is 11.8 Å². The number of pyridine rings is 2. The highest BCUT2D eigenvalue weighted by atomic mass is 32.2. The van der Waals surface area contributed by atoms with E-state index in [2.05, 4.69) is 20.6 Å². The standard InChI is InChI=1S/C21H20FN5O5S/c1-23-20(29)15-10-13(22)6-5-12(15)11-25-21(30)17-18(28)16-14(4-2-7-24-16)19(26-17)27-8-3-9-33(27,31)32/h2,4-7,10,28H,3,8-9,11H2,1H3,(H,23,29)(H,25,30)/p-1. The van der Waals surface area contributed by atoms with Gasteiger partial charge in [-0.25, -0.2) is 17.8 Å². The molecule has 3 aromatic rings.